The fraction of sp³-hybridized carbons (Fsp3) is 0.538. The molecule has 2 N–H and O–H groups in total. The zero-order valence-electron chi connectivity index (χ0n) is 19.2. The Hall–Kier alpha value is -1.80. The Labute approximate surface area is 204 Å². The maximum Gasteiger partial charge on any atom is 0.416 e. The minimum atomic E-state index is -4.36. The molecule has 1 aliphatic carbocycles. The molecule has 186 valence electrons. The molecule has 4 nitrogen and oxygen atoms in total. The smallest absolute Gasteiger partial charge is 0.416 e. The summed E-state index contributed by atoms with van der Waals surface area (Å²) in [6.07, 6.45) is 0.413. The molecule has 34 heavy (non-hydrogen) atoms. The lowest BCUT2D eigenvalue weighted by molar-refractivity contribution is -0.137. The van der Waals surface area contributed by atoms with Gasteiger partial charge in [0.1, 0.15) is 12.4 Å². The third-order valence-electron chi connectivity index (χ3n) is 7.05. The predicted octanol–water partition coefficient (Wildman–Crippen LogP) is 5.62. The van der Waals surface area contributed by atoms with E-state index in [1.54, 1.807) is 6.07 Å². The number of nitrogens with zero attached hydrogens (tertiary/aromatic N) is 1. The van der Waals surface area contributed by atoms with Crippen LogP contribution in [0.3, 0.4) is 0 Å². The number of ether oxygens (including phenoxy) is 1. The minimum absolute atomic E-state index is 0.0487. The molecule has 2 aliphatic rings. The number of nitrogens with one attached hydrogen (secondary N) is 1. The van der Waals surface area contributed by atoms with Crippen LogP contribution in [0, 0.1) is 0 Å². The van der Waals surface area contributed by atoms with Gasteiger partial charge >= 0.3 is 6.18 Å². The van der Waals surface area contributed by atoms with Gasteiger partial charge in [0.2, 0.25) is 0 Å². The minimum Gasteiger partial charge on any atom is -0.487 e. The number of rotatable bonds is 7. The van der Waals surface area contributed by atoms with Gasteiger partial charge in [0, 0.05) is 38.6 Å². The van der Waals surface area contributed by atoms with E-state index in [0.717, 1.165) is 82.5 Å². The van der Waals surface area contributed by atoms with Crippen molar-refractivity contribution in [2.75, 3.05) is 32.7 Å². The van der Waals surface area contributed by atoms with Gasteiger partial charge in [-0.1, -0.05) is 49.1 Å². The third-order valence-corrected chi connectivity index (χ3v) is 7.35. The molecule has 1 aliphatic heterocycles. The third kappa shape index (κ3) is 6.25. The van der Waals surface area contributed by atoms with Gasteiger partial charge in [0.05, 0.1) is 16.2 Å². The Morgan fingerprint density at radius 1 is 1.03 bits per heavy atom. The highest BCUT2D eigenvalue weighted by atomic mass is 35.5. The van der Waals surface area contributed by atoms with Gasteiger partial charge in [-0.15, -0.1) is 0 Å². The number of aliphatic hydroxyl groups is 1. The van der Waals surface area contributed by atoms with Crippen LogP contribution in [-0.4, -0.2) is 48.3 Å². The molecule has 0 bridgehead atoms. The fourth-order valence-electron chi connectivity index (χ4n) is 5.05. The molecule has 0 spiro atoms. The van der Waals surface area contributed by atoms with Crippen molar-refractivity contribution in [3.8, 4) is 5.75 Å². The van der Waals surface area contributed by atoms with E-state index in [4.69, 9.17) is 16.3 Å². The number of hydrogen-bond donors (Lipinski definition) is 2. The lowest BCUT2D eigenvalue weighted by atomic mass is 9.72. The zero-order chi connectivity index (χ0) is 24.2. The van der Waals surface area contributed by atoms with Crippen molar-refractivity contribution >= 4 is 11.6 Å². The average Bonchev–Trinajstić information content (AvgIpc) is 2.82. The monoisotopic (exact) mass is 496 g/mol. The predicted molar refractivity (Wildman–Crippen MR) is 127 cm³/mol. The van der Waals surface area contributed by atoms with E-state index in [1.165, 1.54) is 12.1 Å². The molecule has 8 heteroatoms. The highest BCUT2D eigenvalue weighted by molar-refractivity contribution is 6.32. The van der Waals surface area contributed by atoms with Gasteiger partial charge in [-0.2, -0.15) is 13.2 Å². The fourth-order valence-corrected chi connectivity index (χ4v) is 5.30. The molecule has 2 aromatic rings. The van der Waals surface area contributed by atoms with Crippen LogP contribution in [0.5, 0.6) is 5.75 Å². The van der Waals surface area contributed by atoms with Crippen molar-refractivity contribution in [3.63, 3.8) is 0 Å². The lowest BCUT2D eigenvalue weighted by Crippen LogP contribution is -2.49. The Morgan fingerprint density at radius 2 is 1.71 bits per heavy atom. The van der Waals surface area contributed by atoms with Gasteiger partial charge in [0.15, 0.2) is 0 Å². The number of alkyl halides is 3. The quantitative estimate of drug-likeness (QED) is 0.522. The molecule has 2 aromatic carbocycles. The van der Waals surface area contributed by atoms with Crippen molar-refractivity contribution in [1.29, 1.82) is 0 Å². The first-order valence-corrected chi connectivity index (χ1v) is 12.4. The molecule has 2 fully saturated rings. The summed E-state index contributed by atoms with van der Waals surface area (Å²) in [5.41, 5.74) is 0.181. The molecular formula is C26H32ClF3N2O2. The number of piperazine rings is 1. The molecule has 0 amide bonds. The normalized spacial score (nSPS) is 20.1. The van der Waals surface area contributed by atoms with Crippen molar-refractivity contribution < 1.29 is 23.0 Å². The van der Waals surface area contributed by atoms with Crippen molar-refractivity contribution in [2.24, 2.45) is 0 Å². The van der Waals surface area contributed by atoms with E-state index >= 15 is 0 Å². The summed E-state index contributed by atoms with van der Waals surface area (Å²) < 4.78 is 44.1. The Balaban J connectivity index is 1.48. The van der Waals surface area contributed by atoms with Gasteiger partial charge in [-0.25, -0.2) is 0 Å². The van der Waals surface area contributed by atoms with Crippen LogP contribution in [0.2, 0.25) is 5.02 Å². The topological polar surface area (TPSA) is 44.7 Å². The summed E-state index contributed by atoms with van der Waals surface area (Å²) in [6.45, 7) is 4.69. The molecule has 0 radical (unpaired) electrons. The molecule has 1 saturated carbocycles. The van der Waals surface area contributed by atoms with Gasteiger partial charge < -0.3 is 20.1 Å². The van der Waals surface area contributed by atoms with E-state index in [1.807, 2.05) is 12.1 Å². The van der Waals surface area contributed by atoms with Crippen LogP contribution >= 0.6 is 11.6 Å². The maximum absolute atomic E-state index is 12.8. The first kappa shape index (κ1) is 25.3. The Bertz CT molecular complexity index is 940. The van der Waals surface area contributed by atoms with E-state index in [-0.39, 0.29) is 12.5 Å². The molecule has 1 heterocycles. The first-order chi connectivity index (χ1) is 16.2. The standard InChI is InChI=1S/C26H32ClF3N2O2/c27-23-16-20(6-9-24(23)34-18-19-4-7-21(8-5-19)26(28,29)30)22(17-32-14-12-31-13-15-32)25(33)10-2-1-3-11-25/h4-9,16,22,31,33H,1-3,10-15,17-18H2. The highest BCUT2D eigenvalue weighted by Gasteiger charge is 2.40. The zero-order valence-corrected chi connectivity index (χ0v) is 20.0. The van der Waals surface area contributed by atoms with Gasteiger partial charge in [0.25, 0.3) is 0 Å². The van der Waals surface area contributed by atoms with E-state index < -0.39 is 17.3 Å². The molecule has 1 unspecified atom stereocenters. The summed E-state index contributed by atoms with van der Waals surface area (Å²) in [5, 5.41) is 15.4. The summed E-state index contributed by atoms with van der Waals surface area (Å²) in [6, 6.07) is 10.6. The van der Waals surface area contributed by atoms with Crippen LogP contribution < -0.4 is 10.1 Å². The maximum atomic E-state index is 12.8. The van der Waals surface area contributed by atoms with Crippen LogP contribution in [-0.2, 0) is 12.8 Å². The highest BCUT2D eigenvalue weighted by Crippen LogP contribution is 2.42. The average molecular weight is 497 g/mol. The second-order valence-electron chi connectivity index (χ2n) is 9.44. The number of hydrogen-bond acceptors (Lipinski definition) is 4. The summed E-state index contributed by atoms with van der Waals surface area (Å²) in [5.74, 6) is 0.425. The van der Waals surface area contributed by atoms with Gasteiger partial charge in [-0.3, -0.25) is 0 Å². The summed E-state index contributed by atoms with van der Waals surface area (Å²) in [7, 11) is 0. The number of halogens is 4. The SMILES string of the molecule is OC1(C(CN2CCNCC2)c2ccc(OCc3ccc(C(F)(F)F)cc3)c(Cl)c2)CCCCC1. The van der Waals surface area contributed by atoms with E-state index in [9.17, 15) is 18.3 Å². The van der Waals surface area contributed by atoms with Crippen LogP contribution in [0.15, 0.2) is 42.5 Å². The van der Waals surface area contributed by atoms with Crippen LogP contribution in [0.1, 0.15) is 54.7 Å². The van der Waals surface area contributed by atoms with Gasteiger partial charge in [-0.05, 0) is 48.2 Å². The van der Waals surface area contributed by atoms with E-state index in [0.29, 0.717) is 16.3 Å². The second kappa shape index (κ2) is 10.9. The Kier molecular flexibility index (Phi) is 8.08. The lowest BCUT2D eigenvalue weighted by Gasteiger charge is -2.42. The molecule has 1 atom stereocenters. The second-order valence-corrected chi connectivity index (χ2v) is 9.85. The Morgan fingerprint density at radius 3 is 2.32 bits per heavy atom. The van der Waals surface area contributed by atoms with Crippen LogP contribution in [0.4, 0.5) is 13.2 Å². The molecular weight excluding hydrogens is 465 g/mol. The van der Waals surface area contributed by atoms with Crippen LogP contribution in [0.25, 0.3) is 0 Å². The van der Waals surface area contributed by atoms with Crippen molar-refractivity contribution in [1.82, 2.24) is 10.2 Å². The first-order valence-electron chi connectivity index (χ1n) is 12.0. The molecule has 1 saturated heterocycles. The van der Waals surface area contributed by atoms with E-state index in [2.05, 4.69) is 10.2 Å². The summed E-state index contributed by atoms with van der Waals surface area (Å²) >= 11 is 6.57. The molecule has 0 aromatic heterocycles. The largest absolute Gasteiger partial charge is 0.487 e. The van der Waals surface area contributed by atoms with Crippen molar-refractivity contribution in [3.05, 3.63) is 64.2 Å². The van der Waals surface area contributed by atoms with Crippen molar-refractivity contribution in [2.45, 2.75) is 56.4 Å². The number of benzene rings is 2. The summed E-state index contributed by atoms with van der Waals surface area (Å²) in [4.78, 5) is 2.40. The molecule has 4 rings (SSSR count).